The Kier molecular flexibility index (Phi) is 2.99. The van der Waals surface area contributed by atoms with Crippen molar-refractivity contribution in [2.75, 3.05) is 19.6 Å². The van der Waals surface area contributed by atoms with Gasteiger partial charge in [0.2, 0.25) is 5.91 Å². The molecule has 0 aromatic rings. The van der Waals surface area contributed by atoms with Crippen LogP contribution in [0.15, 0.2) is 0 Å². The van der Waals surface area contributed by atoms with Crippen molar-refractivity contribution in [2.45, 2.75) is 46.0 Å². The van der Waals surface area contributed by atoms with Gasteiger partial charge in [-0.05, 0) is 36.6 Å². The summed E-state index contributed by atoms with van der Waals surface area (Å²) < 4.78 is 0. The number of nitrogens with zero attached hydrogens (tertiary/aromatic N) is 1. The van der Waals surface area contributed by atoms with Gasteiger partial charge in [0, 0.05) is 19.5 Å². The van der Waals surface area contributed by atoms with E-state index in [9.17, 15) is 4.79 Å². The van der Waals surface area contributed by atoms with Gasteiger partial charge in [-0.2, -0.15) is 0 Å². The molecular weight excluding hydrogens is 200 g/mol. The Morgan fingerprint density at radius 2 is 2.00 bits per heavy atom. The van der Waals surface area contributed by atoms with Gasteiger partial charge in [0.15, 0.2) is 0 Å². The molecule has 0 radical (unpaired) electrons. The molecule has 0 unspecified atom stereocenters. The molecule has 3 nitrogen and oxygen atoms in total. The number of rotatable bonds is 3. The van der Waals surface area contributed by atoms with Crippen LogP contribution in [0.3, 0.4) is 0 Å². The molecule has 2 aliphatic rings. The van der Waals surface area contributed by atoms with Gasteiger partial charge < -0.3 is 10.6 Å². The lowest BCUT2D eigenvalue weighted by Crippen LogP contribution is -2.43. The zero-order valence-corrected chi connectivity index (χ0v) is 10.6. The number of amides is 1. The third-order valence-electron chi connectivity index (χ3n) is 4.40. The Bertz CT molecular complexity index is 276. The first-order chi connectivity index (χ1) is 7.46. The first-order valence-corrected chi connectivity index (χ1v) is 6.44. The monoisotopic (exact) mass is 224 g/mol. The summed E-state index contributed by atoms with van der Waals surface area (Å²) in [5, 5.41) is 0. The maximum absolute atomic E-state index is 12.2. The van der Waals surface area contributed by atoms with E-state index in [0.717, 1.165) is 32.4 Å². The Hall–Kier alpha value is -0.570. The zero-order chi connectivity index (χ0) is 11.8. The molecule has 16 heavy (non-hydrogen) atoms. The summed E-state index contributed by atoms with van der Waals surface area (Å²) in [6.45, 7) is 7.01. The van der Waals surface area contributed by atoms with Crippen LogP contribution in [0.1, 0.15) is 46.0 Å². The fourth-order valence-corrected chi connectivity index (χ4v) is 2.89. The summed E-state index contributed by atoms with van der Waals surface area (Å²) in [5.74, 6) is 0.329. The molecule has 1 amide bonds. The van der Waals surface area contributed by atoms with E-state index in [2.05, 4.69) is 13.8 Å². The number of hydrogen-bond donors (Lipinski definition) is 1. The van der Waals surface area contributed by atoms with E-state index in [4.69, 9.17) is 5.73 Å². The van der Waals surface area contributed by atoms with Crippen molar-refractivity contribution in [1.29, 1.82) is 0 Å². The minimum absolute atomic E-state index is 0.157. The molecule has 1 aliphatic heterocycles. The van der Waals surface area contributed by atoms with E-state index < -0.39 is 0 Å². The Morgan fingerprint density at radius 3 is 2.38 bits per heavy atom. The van der Waals surface area contributed by atoms with Gasteiger partial charge in [0.05, 0.1) is 0 Å². The summed E-state index contributed by atoms with van der Waals surface area (Å²) in [4.78, 5) is 14.2. The summed E-state index contributed by atoms with van der Waals surface area (Å²) in [7, 11) is 0. The van der Waals surface area contributed by atoms with Gasteiger partial charge in [-0.3, -0.25) is 4.79 Å². The Balaban J connectivity index is 1.89. The molecular formula is C13H24N2O. The smallest absolute Gasteiger partial charge is 0.223 e. The lowest BCUT2D eigenvalue weighted by molar-refractivity contribution is -0.134. The normalized spacial score (nSPS) is 26.6. The van der Waals surface area contributed by atoms with Crippen LogP contribution in [0.25, 0.3) is 0 Å². The predicted octanol–water partition coefficient (Wildman–Crippen LogP) is 1.76. The number of carbonyl (C=O) groups excluding carboxylic acids is 1. The SMILES string of the molecule is CC1(C)CCN(C(=O)CC2(CN)CCC2)C1. The molecule has 3 heteroatoms. The molecule has 92 valence electrons. The van der Waals surface area contributed by atoms with Crippen molar-refractivity contribution < 1.29 is 4.79 Å². The molecule has 1 saturated heterocycles. The third kappa shape index (κ3) is 2.24. The highest BCUT2D eigenvalue weighted by Crippen LogP contribution is 2.43. The lowest BCUT2D eigenvalue weighted by atomic mass is 9.66. The van der Waals surface area contributed by atoms with Crippen molar-refractivity contribution in [2.24, 2.45) is 16.6 Å². The van der Waals surface area contributed by atoms with E-state index in [-0.39, 0.29) is 5.41 Å². The van der Waals surface area contributed by atoms with Gasteiger partial charge in [0.25, 0.3) is 0 Å². The van der Waals surface area contributed by atoms with Crippen LogP contribution < -0.4 is 5.73 Å². The molecule has 0 atom stereocenters. The van der Waals surface area contributed by atoms with Crippen LogP contribution >= 0.6 is 0 Å². The Morgan fingerprint density at radius 1 is 1.31 bits per heavy atom. The standard InChI is InChI=1S/C13H24N2O/c1-12(2)6-7-15(10-12)11(16)8-13(9-14)4-3-5-13/h3-10,14H2,1-2H3. The first kappa shape index (κ1) is 11.9. The maximum atomic E-state index is 12.2. The quantitative estimate of drug-likeness (QED) is 0.794. The van der Waals surface area contributed by atoms with Crippen molar-refractivity contribution in [3.05, 3.63) is 0 Å². The topological polar surface area (TPSA) is 46.3 Å². The number of carbonyl (C=O) groups is 1. The van der Waals surface area contributed by atoms with Crippen molar-refractivity contribution in [3.63, 3.8) is 0 Å². The first-order valence-electron chi connectivity index (χ1n) is 6.44. The van der Waals surface area contributed by atoms with Crippen molar-refractivity contribution in [1.82, 2.24) is 4.90 Å². The van der Waals surface area contributed by atoms with Gasteiger partial charge in [-0.1, -0.05) is 20.3 Å². The molecule has 2 fully saturated rings. The van der Waals surface area contributed by atoms with Gasteiger partial charge in [-0.25, -0.2) is 0 Å². The fourth-order valence-electron chi connectivity index (χ4n) is 2.89. The van der Waals surface area contributed by atoms with Crippen LogP contribution in [0.2, 0.25) is 0 Å². The predicted molar refractivity (Wildman–Crippen MR) is 64.9 cm³/mol. The molecule has 2 rings (SSSR count). The molecule has 0 bridgehead atoms. The van der Waals surface area contributed by atoms with Crippen LogP contribution in [-0.4, -0.2) is 30.4 Å². The Labute approximate surface area is 98.4 Å². The second-order valence-electron chi connectivity index (χ2n) is 6.46. The van der Waals surface area contributed by atoms with Crippen molar-refractivity contribution >= 4 is 5.91 Å². The summed E-state index contributed by atoms with van der Waals surface area (Å²) in [5.41, 5.74) is 6.27. The molecule has 0 aromatic heterocycles. The minimum Gasteiger partial charge on any atom is -0.342 e. The van der Waals surface area contributed by atoms with E-state index in [0.29, 0.717) is 24.3 Å². The zero-order valence-electron chi connectivity index (χ0n) is 10.6. The number of hydrogen-bond acceptors (Lipinski definition) is 2. The van der Waals surface area contributed by atoms with Crippen LogP contribution in [0, 0.1) is 10.8 Å². The number of nitrogens with two attached hydrogens (primary N) is 1. The highest BCUT2D eigenvalue weighted by molar-refractivity contribution is 5.77. The van der Waals surface area contributed by atoms with E-state index in [1.807, 2.05) is 4.90 Å². The average molecular weight is 224 g/mol. The minimum atomic E-state index is 0.157. The summed E-state index contributed by atoms with van der Waals surface area (Å²) >= 11 is 0. The molecule has 2 N–H and O–H groups in total. The molecule has 1 saturated carbocycles. The largest absolute Gasteiger partial charge is 0.342 e. The molecule has 0 aromatic carbocycles. The molecule has 1 heterocycles. The molecule has 0 spiro atoms. The highest BCUT2D eigenvalue weighted by atomic mass is 16.2. The summed E-state index contributed by atoms with van der Waals surface area (Å²) in [6.07, 6.45) is 5.35. The summed E-state index contributed by atoms with van der Waals surface area (Å²) in [6, 6.07) is 0. The van der Waals surface area contributed by atoms with Gasteiger partial charge in [0.1, 0.15) is 0 Å². The van der Waals surface area contributed by atoms with E-state index in [1.54, 1.807) is 0 Å². The van der Waals surface area contributed by atoms with Crippen LogP contribution in [0.4, 0.5) is 0 Å². The van der Waals surface area contributed by atoms with Crippen LogP contribution in [0.5, 0.6) is 0 Å². The van der Waals surface area contributed by atoms with Gasteiger partial charge >= 0.3 is 0 Å². The molecule has 1 aliphatic carbocycles. The van der Waals surface area contributed by atoms with E-state index in [1.165, 1.54) is 6.42 Å². The second-order valence-corrected chi connectivity index (χ2v) is 6.46. The number of likely N-dealkylation sites (tertiary alicyclic amines) is 1. The van der Waals surface area contributed by atoms with Crippen LogP contribution in [-0.2, 0) is 4.79 Å². The van der Waals surface area contributed by atoms with E-state index >= 15 is 0 Å². The van der Waals surface area contributed by atoms with Crippen molar-refractivity contribution in [3.8, 4) is 0 Å². The second kappa shape index (κ2) is 4.02. The lowest BCUT2D eigenvalue weighted by Gasteiger charge is -2.41. The highest BCUT2D eigenvalue weighted by Gasteiger charge is 2.40. The fraction of sp³-hybridized carbons (Fsp3) is 0.923. The maximum Gasteiger partial charge on any atom is 0.223 e. The third-order valence-corrected chi connectivity index (χ3v) is 4.40. The average Bonchev–Trinajstić information content (AvgIpc) is 2.52. The van der Waals surface area contributed by atoms with Gasteiger partial charge in [-0.15, -0.1) is 0 Å².